The van der Waals surface area contributed by atoms with Gasteiger partial charge in [0, 0.05) is 19.1 Å². The number of aromatic nitrogens is 1. The van der Waals surface area contributed by atoms with Gasteiger partial charge in [-0.3, -0.25) is 0 Å². The zero-order valence-corrected chi connectivity index (χ0v) is 11.7. The van der Waals surface area contributed by atoms with Crippen LogP contribution in [0.1, 0.15) is 19.3 Å². The zero-order valence-electron chi connectivity index (χ0n) is 10.9. The molecule has 1 aromatic rings. The lowest BCUT2D eigenvalue weighted by atomic mass is 10.2. The van der Waals surface area contributed by atoms with Crippen molar-refractivity contribution in [2.45, 2.75) is 25.3 Å². The summed E-state index contributed by atoms with van der Waals surface area (Å²) in [5.74, 6) is 1.55. The molecule has 0 amide bonds. The van der Waals surface area contributed by atoms with Gasteiger partial charge in [-0.15, -0.1) is 0 Å². The Morgan fingerprint density at radius 3 is 2.63 bits per heavy atom. The van der Waals surface area contributed by atoms with Gasteiger partial charge in [-0.25, -0.2) is 13.4 Å². The molecule has 1 atom stereocenters. The largest absolute Gasteiger partial charge is 0.380 e. The van der Waals surface area contributed by atoms with Gasteiger partial charge >= 0.3 is 0 Å². The second kappa shape index (κ2) is 5.00. The molecule has 0 aliphatic carbocycles. The van der Waals surface area contributed by atoms with Gasteiger partial charge in [0.1, 0.15) is 5.82 Å². The van der Waals surface area contributed by atoms with E-state index in [0.717, 1.165) is 24.6 Å². The molecule has 19 heavy (non-hydrogen) atoms. The third-order valence-electron chi connectivity index (χ3n) is 3.78. The third kappa shape index (κ3) is 3.00. The summed E-state index contributed by atoms with van der Waals surface area (Å²) in [6.45, 7) is 2.17. The fourth-order valence-electron chi connectivity index (χ4n) is 2.75. The lowest BCUT2D eigenvalue weighted by Crippen LogP contribution is -2.21. The maximum Gasteiger partial charge on any atom is 0.152 e. The summed E-state index contributed by atoms with van der Waals surface area (Å²) in [6, 6.07) is 4.03. The van der Waals surface area contributed by atoms with E-state index in [1.165, 1.54) is 12.8 Å². The number of anilines is 2. The lowest BCUT2D eigenvalue weighted by molar-refractivity contribution is 0.602. The fourth-order valence-corrected chi connectivity index (χ4v) is 4.42. The van der Waals surface area contributed by atoms with E-state index in [4.69, 9.17) is 0 Å². The van der Waals surface area contributed by atoms with Crippen molar-refractivity contribution in [1.29, 1.82) is 0 Å². The van der Waals surface area contributed by atoms with Crippen molar-refractivity contribution in [3.63, 3.8) is 0 Å². The summed E-state index contributed by atoms with van der Waals surface area (Å²) in [4.78, 5) is 6.73. The van der Waals surface area contributed by atoms with Gasteiger partial charge in [0.25, 0.3) is 0 Å². The summed E-state index contributed by atoms with van der Waals surface area (Å²) >= 11 is 0. The fraction of sp³-hybridized carbons (Fsp3) is 0.615. The van der Waals surface area contributed by atoms with Crippen LogP contribution in [-0.4, -0.2) is 44.0 Å². The maximum atomic E-state index is 11.4. The van der Waals surface area contributed by atoms with E-state index in [-0.39, 0.29) is 11.8 Å². The minimum atomic E-state index is -2.83. The van der Waals surface area contributed by atoms with Crippen molar-refractivity contribution >= 4 is 21.3 Å². The molecular formula is C13H19N3O2S. The van der Waals surface area contributed by atoms with Crippen LogP contribution in [0.25, 0.3) is 0 Å². The molecule has 0 bridgehead atoms. The van der Waals surface area contributed by atoms with Crippen LogP contribution in [0.4, 0.5) is 11.5 Å². The Labute approximate surface area is 113 Å². The predicted molar refractivity (Wildman–Crippen MR) is 76.4 cm³/mol. The van der Waals surface area contributed by atoms with Gasteiger partial charge in [-0.2, -0.15) is 0 Å². The van der Waals surface area contributed by atoms with Gasteiger partial charge in [0.2, 0.25) is 0 Å². The van der Waals surface area contributed by atoms with E-state index in [0.29, 0.717) is 12.2 Å². The number of sulfone groups is 1. The minimum absolute atomic E-state index is 0.0319. The Morgan fingerprint density at radius 1 is 1.26 bits per heavy atom. The molecule has 0 spiro atoms. The highest BCUT2D eigenvalue weighted by atomic mass is 32.2. The van der Waals surface area contributed by atoms with Gasteiger partial charge in [0.15, 0.2) is 9.84 Å². The number of nitrogens with one attached hydrogen (secondary N) is 1. The van der Waals surface area contributed by atoms with E-state index in [1.807, 2.05) is 12.1 Å². The Balaban J connectivity index is 1.63. The van der Waals surface area contributed by atoms with E-state index >= 15 is 0 Å². The van der Waals surface area contributed by atoms with Crippen LogP contribution in [0.5, 0.6) is 0 Å². The molecule has 0 saturated carbocycles. The topological polar surface area (TPSA) is 62.3 Å². The van der Waals surface area contributed by atoms with Gasteiger partial charge in [-0.05, 0) is 31.4 Å². The molecule has 1 aromatic heterocycles. The first-order valence-corrected chi connectivity index (χ1v) is 8.62. The highest BCUT2D eigenvalue weighted by Gasteiger charge is 2.27. The molecule has 2 fully saturated rings. The van der Waals surface area contributed by atoms with E-state index < -0.39 is 9.84 Å². The Bertz CT molecular complexity index is 536. The first kappa shape index (κ1) is 12.7. The van der Waals surface area contributed by atoms with E-state index in [9.17, 15) is 8.42 Å². The monoisotopic (exact) mass is 281 g/mol. The van der Waals surface area contributed by atoms with Crippen molar-refractivity contribution in [2.75, 3.05) is 34.8 Å². The minimum Gasteiger partial charge on any atom is -0.380 e. The normalized spacial score (nSPS) is 25.7. The highest BCUT2D eigenvalue weighted by Crippen LogP contribution is 2.21. The Hall–Kier alpha value is -1.30. The van der Waals surface area contributed by atoms with Crippen molar-refractivity contribution < 1.29 is 8.42 Å². The number of hydrogen-bond donors (Lipinski definition) is 1. The summed E-state index contributed by atoms with van der Waals surface area (Å²) in [7, 11) is -2.83. The van der Waals surface area contributed by atoms with Crippen LogP contribution < -0.4 is 10.2 Å². The van der Waals surface area contributed by atoms with Crippen LogP contribution in [0.15, 0.2) is 18.3 Å². The van der Waals surface area contributed by atoms with Gasteiger partial charge < -0.3 is 10.2 Å². The lowest BCUT2D eigenvalue weighted by Gasteiger charge is -2.17. The number of hydrogen-bond acceptors (Lipinski definition) is 5. The Morgan fingerprint density at radius 2 is 2.05 bits per heavy atom. The van der Waals surface area contributed by atoms with Crippen molar-refractivity contribution in [3.8, 4) is 0 Å². The smallest absolute Gasteiger partial charge is 0.152 e. The molecule has 3 heterocycles. The van der Waals surface area contributed by atoms with Crippen LogP contribution in [0, 0.1) is 0 Å². The number of pyridine rings is 1. The number of rotatable bonds is 3. The van der Waals surface area contributed by atoms with E-state index in [2.05, 4.69) is 15.2 Å². The van der Waals surface area contributed by atoms with Crippen molar-refractivity contribution in [2.24, 2.45) is 0 Å². The van der Waals surface area contributed by atoms with Gasteiger partial charge in [0.05, 0.1) is 23.4 Å². The second-order valence-electron chi connectivity index (χ2n) is 5.34. The molecule has 2 aliphatic heterocycles. The van der Waals surface area contributed by atoms with Crippen LogP contribution in [0.3, 0.4) is 0 Å². The molecule has 104 valence electrons. The predicted octanol–water partition coefficient (Wildman–Crippen LogP) is 1.28. The first-order chi connectivity index (χ1) is 9.12. The molecule has 5 nitrogen and oxygen atoms in total. The molecule has 0 aromatic carbocycles. The number of nitrogens with zero attached hydrogens (tertiary/aromatic N) is 2. The van der Waals surface area contributed by atoms with Crippen molar-refractivity contribution in [1.82, 2.24) is 4.98 Å². The average molecular weight is 281 g/mol. The summed E-state index contributed by atoms with van der Waals surface area (Å²) in [5, 5.41) is 3.25. The summed E-state index contributed by atoms with van der Waals surface area (Å²) in [5.41, 5.74) is 0.907. The molecular weight excluding hydrogens is 262 g/mol. The SMILES string of the molecule is O=S1(=O)CCC(Nc2ccc(N3CCCC3)nc2)C1. The second-order valence-corrected chi connectivity index (χ2v) is 7.57. The van der Waals surface area contributed by atoms with Crippen LogP contribution in [0.2, 0.25) is 0 Å². The summed E-state index contributed by atoms with van der Waals surface area (Å²) in [6.07, 6.45) is 4.97. The first-order valence-electron chi connectivity index (χ1n) is 6.80. The average Bonchev–Trinajstić information content (AvgIpc) is 3.00. The molecule has 2 saturated heterocycles. The molecule has 6 heteroatoms. The molecule has 1 N–H and O–H groups in total. The summed E-state index contributed by atoms with van der Waals surface area (Å²) < 4.78 is 22.8. The standard InChI is InChI=1S/C13H19N3O2S/c17-19(18)8-5-12(10-19)15-11-3-4-13(14-9-11)16-6-1-2-7-16/h3-4,9,12,15H,1-2,5-8,10H2. The van der Waals surface area contributed by atoms with Crippen LogP contribution in [-0.2, 0) is 9.84 Å². The van der Waals surface area contributed by atoms with Crippen molar-refractivity contribution in [3.05, 3.63) is 18.3 Å². The highest BCUT2D eigenvalue weighted by molar-refractivity contribution is 7.91. The third-order valence-corrected chi connectivity index (χ3v) is 5.55. The van der Waals surface area contributed by atoms with Crippen LogP contribution >= 0.6 is 0 Å². The molecule has 0 radical (unpaired) electrons. The van der Waals surface area contributed by atoms with Gasteiger partial charge in [-0.1, -0.05) is 0 Å². The van der Waals surface area contributed by atoms with E-state index in [1.54, 1.807) is 6.20 Å². The molecule has 3 rings (SSSR count). The zero-order chi connectivity index (χ0) is 13.3. The quantitative estimate of drug-likeness (QED) is 0.904. The Kier molecular flexibility index (Phi) is 3.35. The molecule has 1 unspecified atom stereocenters. The molecule has 2 aliphatic rings. The maximum absolute atomic E-state index is 11.4.